The molecule has 1 heterocycles. The average molecular weight is 459 g/mol. The van der Waals surface area contributed by atoms with Crippen molar-refractivity contribution in [1.82, 2.24) is 10.6 Å². The second kappa shape index (κ2) is 16.3. The third kappa shape index (κ3) is 11.7. The van der Waals surface area contributed by atoms with Gasteiger partial charge in [0.2, 0.25) is 11.8 Å². The topological polar surface area (TPSA) is 95.5 Å². The van der Waals surface area contributed by atoms with E-state index in [0.29, 0.717) is 12.3 Å². The second-order valence-electron chi connectivity index (χ2n) is 9.33. The lowest BCUT2D eigenvalue weighted by Crippen LogP contribution is -2.55. The molecular formula is C24H46N2O4S. The number of rotatable bonds is 8. The summed E-state index contributed by atoms with van der Waals surface area (Å²) in [4.78, 5) is 38.0. The van der Waals surface area contributed by atoms with Crippen molar-refractivity contribution in [2.45, 2.75) is 67.3 Å². The number of hydrogen-bond donors (Lipinski definition) is 3. The Morgan fingerprint density at radius 3 is 2.03 bits per heavy atom. The molecule has 0 spiro atoms. The highest BCUT2D eigenvalue weighted by molar-refractivity contribution is 7.99. The van der Waals surface area contributed by atoms with Crippen LogP contribution in [0.3, 0.4) is 0 Å². The van der Waals surface area contributed by atoms with E-state index in [1.54, 1.807) is 20.0 Å². The Bertz CT molecular complexity index is 552. The number of aliphatic hydroxyl groups excluding tert-OH is 1. The van der Waals surface area contributed by atoms with Crippen LogP contribution in [-0.4, -0.2) is 54.4 Å². The Labute approximate surface area is 194 Å². The predicted octanol–water partition coefficient (Wildman–Crippen LogP) is 3.68. The highest BCUT2D eigenvalue weighted by Crippen LogP contribution is 2.37. The molecule has 31 heavy (non-hydrogen) atoms. The molecule has 3 N–H and O–H groups in total. The molecule has 1 rings (SSSR count). The third-order valence-electron chi connectivity index (χ3n) is 5.10. The lowest BCUT2D eigenvalue weighted by molar-refractivity contribution is -0.138. The number of Topliss-reactive ketones (excluding diaryl/α,β-unsaturated/α-hetero) is 1. The van der Waals surface area contributed by atoms with Crippen molar-refractivity contribution in [2.75, 3.05) is 25.7 Å². The molecule has 2 unspecified atom stereocenters. The zero-order chi connectivity index (χ0) is 24.8. The molecule has 0 aromatic rings. The molecule has 1 fully saturated rings. The summed E-state index contributed by atoms with van der Waals surface area (Å²) in [5.74, 6) is 1.60. The molecular weight excluding hydrogens is 412 g/mol. The molecule has 2 amide bonds. The Morgan fingerprint density at radius 2 is 1.71 bits per heavy atom. The van der Waals surface area contributed by atoms with Crippen LogP contribution >= 0.6 is 11.8 Å². The monoisotopic (exact) mass is 458 g/mol. The molecule has 4 atom stereocenters. The minimum Gasteiger partial charge on any atom is -0.400 e. The minimum absolute atomic E-state index is 0.0885. The number of aliphatic hydroxyl groups is 1. The van der Waals surface area contributed by atoms with Crippen LogP contribution in [0.5, 0.6) is 0 Å². The number of allylic oxidation sites excluding steroid dienone is 1. The number of likely N-dealkylation sites (N-methyl/N-ethyl adjacent to an activating group) is 1. The maximum absolute atomic E-state index is 13.2. The molecule has 6 nitrogen and oxygen atoms in total. The number of thioether (sulfide) groups is 1. The SMILES string of the molecule is C=CC.CNC(=O)[C@@H](NC(=O)C(CC(C)C)[C@@H](C(C)=O)C1CCSC1)C(C)(C)C.CO. The van der Waals surface area contributed by atoms with Crippen molar-refractivity contribution in [2.24, 2.45) is 29.1 Å². The summed E-state index contributed by atoms with van der Waals surface area (Å²) in [5.41, 5.74) is -0.410. The standard InChI is InChI=1S/C20H36N2O3S.C3H6.CH4O/c1-12(2)10-15(16(13(3)23)14-8-9-26-11-14)18(24)22-17(19(25)21-7)20(4,5)6;1-3-2;1-2/h12,14-17H,8-11H2,1-7H3,(H,21,25)(H,22,24);3H,1H2,2H3;2H,1H3/t14?,15?,16-,17+;;/m0../s1. The first-order valence-electron chi connectivity index (χ1n) is 11.0. The summed E-state index contributed by atoms with van der Waals surface area (Å²) >= 11 is 1.85. The highest BCUT2D eigenvalue weighted by atomic mass is 32.2. The van der Waals surface area contributed by atoms with E-state index in [2.05, 4.69) is 31.1 Å². The summed E-state index contributed by atoms with van der Waals surface area (Å²) in [6, 6.07) is -0.625. The maximum Gasteiger partial charge on any atom is 0.242 e. The lowest BCUT2D eigenvalue weighted by atomic mass is 9.74. The van der Waals surface area contributed by atoms with E-state index < -0.39 is 11.5 Å². The molecule has 0 aromatic heterocycles. The minimum atomic E-state index is -0.625. The summed E-state index contributed by atoms with van der Waals surface area (Å²) < 4.78 is 0. The molecule has 1 aliphatic heterocycles. The van der Waals surface area contributed by atoms with E-state index in [1.165, 1.54) is 0 Å². The molecule has 182 valence electrons. The molecule has 0 aromatic carbocycles. The van der Waals surface area contributed by atoms with Crippen LogP contribution in [0.2, 0.25) is 0 Å². The van der Waals surface area contributed by atoms with E-state index in [4.69, 9.17) is 5.11 Å². The van der Waals surface area contributed by atoms with Gasteiger partial charge in [0, 0.05) is 26.0 Å². The van der Waals surface area contributed by atoms with Gasteiger partial charge >= 0.3 is 0 Å². The summed E-state index contributed by atoms with van der Waals surface area (Å²) in [7, 11) is 2.58. The van der Waals surface area contributed by atoms with Crippen molar-refractivity contribution in [3.8, 4) is 0 Å². The van der Waals surface area contributed by atoms with E-state index in [-0.39, 0.29) is 35.4 Å². The fraction of sp³-hybridized carbons (Fsp3) is 0.792. The lowest BCUT2D eigenvalue weighted by Gasteiger charge is -2.34. The van der Waals surface area contributed by atoms with Gasteiger partial charge in [-0.2, -0.15) is 11.8 Å². The average Bonchev–Trinajstić information content (AvgIpc) is 3.19. The fourth-order valence-corrected chi connectivity index (χ4v) is 5.09. The van der Waals surface area contributed by atoms with Crippen LogP contribution in [0.15, 0.2) is 12.7 Å². The van der Waals surface area contributed by atoms with Crippen LogP contribution in [0.4, 0.5) is 0 Å². The van der Waals surface area contributed by atoms with Gasteiger partial charge in [0.1, 0.15) is 11.8 Å². The largest absolute Gasteiger partial charge is 0.400 e. The van der Waals surface area contributed by atoms with Crippen molar-refractivity contribution in [3.05, 3.63) is 12.7 Å². The van der Waals surface area contributed by atoms with Gasteiger partial charge in [0.25, 0.3) is 0 Å². The number of hydrogen-bond acceptors (Lipinski definition) is 5. The molecule has 0 radical (unpaired) electrons. The number of carbonyl (C=O) groups is 3. The predicted molar refractivity (Wildman–Crippen MR) is 132 cm³/mol. The maximum atomic E-state index is 13.2. The van der Waals surface area contributed by atoms with Gasteiger partial charge in [-0.25, -0.2) is 0 Å². The van der Waals surface area contributed by atoms with Gasteiger partial charge in [0.05, 0.1) is 0 Å². The first kappa shape index (κ1) is 31.8. The quantitative estimate of drug-likeness (QED) is 0.482. The number of ketones is 1. The van der Waals surface area contributed by atoms with Crippen molar-refractivity contribution in [3.63, 3.8) is 0 Å². The fourth-order valence-electron chi connectivity index (χ4n) is 3.77. The second-order valence-corrected chi connectivity index (χ2v) is 10.5. The van der Waals surface area contributed by atoms with Crippen LogP contribution in [0.25, 0.3) is 0 Å². The van der Waals surface area contributed by atoms with Crippen molar-refractivity contribution in [1.29, 1.82) is 0 Å². The zero-order valence-corrected chi connectivity index (χ0v) is 21.9. The van der Waals surface area contributed by atoms with Crippen molar-refractivity contribution < 1.29 is 19.5 Å². The van der Waals surface area contributed by atoms with E-state index in [1.807, 2.05) is 39.5 Å². The number of nitrogens with one attached hydrogen (secondary N) is 2. The Kier molecular flexibility index (Phi) is 16.8. The Morgan fingerprint density at radius 1 is 1.19 bits per heavy atom. The summed E-state index contributed by atoms with van der Waals surface area (Å²) in [6.45, 7) is 16.8. The van der Waals surface area contributed by atoms with Crippen molar-refractivity contribution >= 4 is 29.4 Å². The molecule has 1 saturated heterocycles. The van der Waals surface area contributed by atoms with Crippen LogP contribution in [0.1, 0.15) is 61.3 Å². The van der Waals surface area contributed by atoms with Gasteiger partial charge in [-0.05, 0) is 55.4 Å². The summed E-state index contributed by atoms with van der Waals surface area (Å²) in [6.07, 6.45) is 3.39. The molecule has 0 aliphatic carbocycles. The first-order valence-corrected chi connectivity index (χ1v) is 12.2. The van der Waals surface area contributed by atoms with Crippen LogP contribution in [0, 0.1) is 29.1 Å². The van der Waals surface area contributed by atoms with Gasteiger partial charge in [0.15, 0.2) is 0 Å². The van der Waals surface area contributed by atoms with Gasteiger partial charge in [-0.15, -0.1) is 6.58 Å². The van der Waals surface area contributed by atoms with Gasteiger partial charge < -0.3 is 15.7 Å². The molecule has 7 heteroatoms. The summed E-state index contributed by atoms with van der Waals surface area (Å²) in [5, 5.41) is 12.6. The third-order valence-corrected chi connectivity index (χ3v) is 6.29. The Balaban J connectivity index is 0. The van der Waals surface area contributed by atoms with Gasteiger partial charge in [-0.3, -0.25) is 14.4 Å². The molecule has 0 saturated carbocycles. The number of amides is 2. The zero-order valence-electron chi connectivity index (χ0n) is 21.1. The molecule has 0 bridgehead atoms. The van der Waals surface area contributed by atoms with Gasteiger partial charge in [-0.1, -0.05) is 40.7 Å². The molecule has 1 aliphatic rings. The van der Waals surface area contributed by atoms with E-state index >= 15 is 0 Å². The smallest absolute Gasteiger partial charge is 0.242 e. The van der Waals surface area contributed by atoms with Crippen LogP contribution in [-0.2, 0) is 14.4 Å². The van der Waals surface area contributed by atoms with E-state index in [9.17, 15) is 14.4 Å². The highest BCUT2D eigenvalue weighted by Gasteiger charge is 2.41. The first-order chi connectivity index (χ1) is 14.4. The number of carbonyl (C=O) groups excluding carboxylic acids is 3. The Hall–Kier alpha value is -1.34. The van der Waals surface area contributed by atoms with Crippen LogP contribution < -0.4 is 10.6 Å². The van der Waals surface area contributed by atoms with E-state index in [0.717, 1.165) is 25.0 Å². The normalized spacial score (nSPS) is 18.4.